The maximum absolute atomic E-state index is 12.9. The maximum Gasteiger partial charge on any atom is 0.261 e. The van der Waals surface area contributed by atoms with E-state index in [1.165, 1.54) is 13.0 Å². The lowest BCUT2D eigenvalue weighted by molar-refractivity contribution is -0.150. The third-order valence-electron chi connectivity index (χ3n) is 2.99. The molecule has 1 heterocycles. The Labute approximate surface area is 124 Å². The van der Waals surface area contributed by atoms with Crippen LogP contribution < -0.4 is 10.1 Å². The minimum Gasteiger partial charge on any atom is -0.482 e. The molecular formula is C13H12ClFN2O4. The Kier molecular flexibility index (Phi) is 4.42. The number of benzene rings is 1. The summed E-state index contributed by atoms with van der Waals surface area (Å²) in [7, 11) is 0. The standard InChI is InChI=1S/C13H12ClFN2O4/c1-7-13(20)16-11(18)5-17(7)12(19)6-21-10-3-2-8(15)4-9(10)14/h2-4,7H,5-6H2,1H3,(H,16,18,20). The number of halogens is 2. The number of carbonyl (C=O) groups is 3. The molecule has 112 valence electrons. The Balaban J connectivity index is 2.01. The van der Waals surface area contributed by atoms with Crippen LogP contribution in [-0.4, -0.2) is 41.8 Å². The first-order valence-electron chi connectivity index (χ1n) is 6.09. The molecule has 1 saturated heterocycles. The molecule has 8 heteroatoms. The van der Waals surface area contributed by atoms with Gasteiger partial charge in [-0.3, -0.25) is 19.7 Å². The van der Waals surface area contributed by atoms with Gasteiger partial charge in [0.2, 0.25) is 11.8 Å². The average molecular weight is 315 g/mol. The van der Waals surface area contributed by atoms with Gasteiger partial charge in [0, 0.05) is 0 Å². The molecule has 1 aromatic carbocycles. The van der Waals surface area contributed by atoms with Crippen molar-refractivity contribution in [2.24, 2.45) is 0 Å². The molecule has 0 saturated carbocycles. The van der Waals surface area contributed by atoms with E-state index in [0.717, 1.165) is 17.0 Å². The summed E-state index contributed by atoms with van der Waals surface area (Å²) in [6.45, 7) is 0.882. The molecular weight excluding hydrogens is 303 g/mol. The predicted octanol–water partition coefficient (Wildman–Crippen LogP) is 0.731. The highest BCUT2D eigenvalue weighted by Crippen LogP contribution is 2.24. The van der Waals surface area contributed by atoms with E-state index in [9.17, 15) is 18.8 Å². The third kappa shape index (κ3) is 3.49. The van der Waals surface area contributed by atoms with Crippen molar-refractivity contribution in [3.8, 4) is 5.75 Å². The van der Waals surface area contributed by atoms with E-state index in [4.69, 9.17) is 16.3 Å². The fraction of sp³-hybridized carbons (Fsp3) is 0.308. The number of hydrogen-bond donors (Lipinski definition) is 1. The van der Waals surface area contributed by atoms with Crippen molar-refractivity contribution in [2.75, 3.05) is 13.2 Å². The first kappa shape index (κ1) is 15.2. The van der Waals surface area contributed by atoms with Crippen molar-refractivity contribution in [2.45, 2.75) is 13.0 Å². The van der Waals surface area contributed by atoms with Crippen LogP contribution in [0.4, 0.5) is 4.39 Å². The molecule has 6 nitrogen and oxygen atoms in total. The number of ether oxygens (including phenoxy) is 1. The van der Waals surface area contributed by atoms with Gasteiger partial charge in [0.05, 0.1) is 5.02 Å². The summed E-state index contributed by atoms with van der Waals surface area (Å²) in [5.74, 6) is -2.01. The quantitative estimate of drug-likeness (QED) is 0.835. The van der Waals surface area contributed by atoms with Crippen LogP contribution in [0.1, 0.15) is 6.92 Å². The van der Waals surface area contributed by atoms with Crippen LogP contribution in [0.25, 0.3) is 0 Å². The van der Waals surface area contributed by atoms with Crippen LogP contribution in [0.15, 0.2) is 18.2 Å². The fourth-order valence-corrected chi connectivity index (χ4v) is 2.06. The summed E-state index contributed by atoms with van der Waals surface area (Å²) in [5.41, 5.74) is 0. The first-order chi connectivity index (χ1) is 9.88. The second kappa shape index (κ2) is 6.09. The molecule has 0 spiro atoms. The number of rotatable bonds is 3. The van der Waals surface area contributed by atoms with Gasteiger partial charge < -0.3 is 9.64 Å². The van der Waals surface area contributed by atoms with Gasteiger partial charge in [0.1, 0.15) is 24.2 Å². The number of imide groups is 1. The van der Waals surface area contributed by atoms with E-state index < -0.39 is 36.2 Å². The molecule has 0 aromatic heterocycles. The summed E-state index contributed by atoms with van der Waals surface area (Å²) < 4.78 is 18.1. The Morgan fingerprint density at radius 1 is 1.52 bits per heavy atom. The molecule has 1 fully saturated rings. The SMILES string of the molecule is CC1C(=O)NC(=O)CN1C(=O)COc1ccc(F)cc1Cl. The molecule has 0 bridgehead atoms. The van der Waals surface area contributed by atoms with Crippen molar-refractivity contribution in [3.63, 3.8) is 0 Å². The van der Waals surface area contributed by atoms with Crippen LogP contribution in [0, 0.1) is 5.82 Å². The zero-order valence-electron chi connectivity index (χ0n) is 11.1. The average Bonchev–Trinajstić information content (AvgIpc) is 2.41. The number of hydrogen-bond acceptors (Lipinski definition) is 4. The molecule has 1 atom stereocenters. The lowest BCUT2D eigenvalue weighted by Crippen LogP contribution is -2.59. The van der Waals surface area contributed by atoms with Gasteiger partial charge in [0.25, 0.3) is 5.91 Å². The van der Waals surface area contributed by atoms with Crippen molar-refractivity contribution in [3.05, 3.63) is 29.0 Å². The second-order valence-electron chi connectivity index (χ2n) is 4.47. The molecule has 1 aliphatic rings. The number of nitrogens with one attached hydrogen (secondary N) is 1. The largest absolute Gasteiger partial charge is 0.482 e. The zero-order valence-corrected chi connectivity index (χ0v) is 11.8. The zero-order chi connectivity index (χ0) is 15.6. The van der Waals surface area contributed by atoms with Crippen LogP contribution in [-0.2, 0) is 14.4 Å². The van der Waals surface area contributed by atoms with Gasteiger partial charge in [0.15, 0.2) is 6.61 Å². The molecule has 0 radical (unpaired) electrons. The third-order valence-corrected chi connectivity index (χ3v) is 3.28. The Bertz CT molecular complexity index is 608. The van der Waals surface area contributed by atoms with E-state index in [1.54, 1.807) is 0 Å². The van der Waals surface area contributed by atoms with Gasteiger partial charge >= 0.3 is 0 Å². The van der Waals surface area contributed by atoms with Crippen LogP contribution in [0.3, 0.4) is 0 Å². The minimum atomic E-state index is -0.762. The predicted molar refractivity (Wildman–Crippen MR) is 71.2 cm³/mol. The fourth-order valence-electron chi connectivity index (χ4n) is 1.83. The van der Waals surface area contributed by atoms with Gasteiger partial charge in [-0.1, -0.05) is 11.6 Å². The lowest BCUT2D eigenvalue weighted by atomic mass is 10.2. The number of nitrogens with zero attached hydrogens (tertiary/aromatic N) is 1. The molecule has 1 aliphatic heterocycles. The van der Waals surface area contributed by atoms with E-state index in [1.807, 2.05) is 0 Å². The van der Waals surface area contributed by atoms with Crippen LogP contribution >= 0.6 is 11.6 Å². The monoisotopic (exact) mass is 314 g/mol. The van der Waals surface area contributed by atoms with Crippen molar-refractivity contribution in [1.82, 2.24) is 10.2 Å². The normalized spacial score (nSPS) is 18.4. The number of amides is 3. The summed E-state index contributed by atoms with van der Waals surface area (Å²) in [5, 5.41) is 2.16. The minimum absolute atomic E-state index is 0.0308. The van der Waals surface area contributed by atoms with E-state index in [-0.39, 0.29) is 17.3 Å². The topological polar surface area (TPSA) is 75.7 Å². The molecule has 1 unspecified atom stereocenters. The Morgan fingerprint density at radius 3 is 2.90 bits per heavy atom. The maximum atomic E-state index is 12.9. The highest BCUT2D eigenvalue weighted by atomic mass is 35.5. The summed E-state index contributed by atoms with van der Waals surface area (Å²) in [4.78, 5) is 35.8. The molecule has 21 heavy (non-hydrogen) atoms. The number of piperazine rings is 1. The molecule has 1 aromatic rings. The first-order valence-corrected chi connectivity index (χ1v) is 6.47. The Morgan fingerprint density at radius 2 is 2.24 bits per heavy atom. The number of carbonyl (C=O) groups excluding carboxylic acids is 3. The summed E-state index contributed by atoms with van der Waals surface area (Å²) >= 11 is 5.77. The van der Waals surface area contributed by atoms with E-state index >= 15 is 0 Å². The molecule has 1 N–H and O–H groups in total. The van der Waals surface area contributed by atoms with Gasteiger partial charge in [-0.2, -0.15) is 0 Å². The molecule has 2 rings (SSSR count). The highest BCUT2D eigenvalue weighted by Gasteiger charge is 2.33. The Hall–Kier alpha value is -2.15. The van der Waals surface area contributed by atoms with Crippen LogP contribution in [0.2, 0.25) is 5.02 Å². The van der Waals surface area contributed by atoms with Crippen molar-refractivity contribution < 1.29 is 23.5 Å². The molecule has 3 amide bonds. The van der Waals surface area contributed by atoms with Crippen LogP contribution in [0.5, 0.6) is 5.75 Å². The van der Waals surface area contributed by atoms with Crippen molar-refractivity contribution in [1.29, 1.82) is 0 Å². The second-order valence-corrected chi connectivity index (χ2v) is 4.88. The lowest BCUT2D eigenvalue weighted by Gasteiger charge is -2.31. The summed E-state index contributed by atoms with van der Waals surface area (Å²) in [6, 6.07) is 2.73. The summed E-state index contributed by atoms with van der Waals surface area (Å²) in [6.07, 6.45) is 0. The highest BCUT2D eigenvalue weighted by molar-refractivity contribution is 6.32. The van der Waals surface area contributed by atoms with E-state index in [0.29, 0.717) is 0 Å². The van der Waals surface area contributed by atoms with E-state index in [2.05, 4.69) is 5.32 Å². The smallest absolute Gasteiger partial charge is 0.261 e. The van der Waals surface area contributed by atoms with Gasteiger partial charge in [-0.25, -0.2) is 4.39 Å². The van der Waals surface area contributed by atoms with Gasteiger partial charge in [-0.15, -0.1) is 0 Å². The molecule has 0 aliphatic carbocycles. The van der Waals surface area contributed by atoms with Crippen molar-refractivity contribution >= 4 is 29.3 Å². The van der Waals surface area contributed by atoms with Gasteiger partial charge in [-0.05, 0) is 25.1 Å².